The van der Waals surface area contributed by atoms with Gasteiger partial charge in [0, 0.05) is 18.8 Å². The van der Waals surface area contributed by atoms with Gasteiger partial charge in [-0.1, -0.05) is 6.07 Å². The molecule has 134 valence electrons. The van der Waals surface area contributed by atoms with Crippen LogP contribution in [0.2, 0.25) is 0 Å². The summed E-state index contributed by atoms with van der Waals surface area (Å²) >= 11 is 0. The van der Waals surface area contributed by atoms with E-state index in [2.05, 4.69) is 0 Å². The molecule has 0 aliphatic carbocycles. The SMILES string of the molecule is Cc1ccc(N2CCC(C(=O)N3CCOCC3C(=O)O)C2=O)cc1C. The van der Waals surface area contributed by atoms with Crippen LogP contribution in [0.5, 0.6) is 0 Å². The number of benzene rings is 1. The fourth-order valence-corrected chi connectivity index (χ4v) is 3.33. The zero-order chi connectivity index (χ0) is 18.1. The van der Waals surface area contributed by atoms with Gasteiger partial charge < -0.3 is 19.6 Å². The van der Waals surface area contributed by atoms with Crippen molar-refractivity contribution in [1.82, 2.24) is 4.90 Å². The van der Waals surface area contributed by atoms with Crippen LogP contribution in [0.15, 0.2) is 18.2 Å². The second-order valence-electron chi connectivity index (χ2n) is 6.56. The number of nitrogens with zero attached hydrogens (tertiary/aromatic N) is 2. The van der Waals surface area contributed by atoms with Gasteiger partial charge in [0.05, 0.1) is 13.2 Å². The summed E-state index contributed by atoms with van der Waals surface area (Å²) in [5.74, 6) is -2.60. The van der Waals surface area contributed by atoms with E-state index in [1.165, 1.54) is 4.90 Å². The summed E-state index contributed by atoms with van der Waals surface area (Å²) in [6, 6.07) is 4.75. The van der Waals surface area contributed by atoms with Crippen LogP contribution in [0, 0.1) is 19.8 Å². The van der Waals surface area contributed by atoms with E-state index in [0.29, 0.717) is 13.0 Å². The van der Waals surface area contributed by atoms with Gasteiger partial charge in [-0.05, 0) is 43.5 Å². The molecule has 0 bridgehead atoms. The van der Waals surface area contributed by atoms with Gasteiger partial charge in [-0.3, -0.25) is 9.59 Å². The molecule has 2 fully saturated rings. The number of aliphatic carboxylic acids is 1. The van der Waals surface area contributed by atoms with Crippen LogP contribution in [-0.2, 0) is 19.1 Å². The van der Waals surface area contributed by atoms with Gasteiger partial charge in [0.2, 0.25) is 11.8 Å². The number of amides is 2. The third kappa shape index (κ3) is 3.24. The number of hydrogen-bond donors (Lipinski definition) is 1. The molecular formula is C18H22N2O5. The van der Waals surface area contributed by atoms with Crippen molar-refractivity contribution in [3.63, 3.8) is 0 Å². The van der Waals surface area contributed by atoms with E-state index in [1.807, 2.05) is 32.0 Å². The lowest BCUT2D eigenvalue weighted by Crippen LogP contribution is -2.55. The third-order valence-corrected chi connectivity index (χ3v) is 5.00. The maximum absolute atomic E-state index is 12.8. The van der Waals surface area contributed by atoms with E-state index in [4.69, 9.17) is 4.74 Å². The molecule has 25 heavy (non-hydrogen) atoms. The minimum atomic E-state index is -1.11. The average molecular weight is 346 g/mol. The number of rotatable bonds is 3. The molecule has 0 spiro atoms. The van der Waals surface area contributed by atoms with Crippen molar-refractivity contribution < 1.29 is 24.2 Å². The van der Waals surface area contributed by atoms with Crippen LogP contribution in [-0.4, -0.2) is 60.1 Å². The van der Waals surface area contributed by atoms with Crippen molar-refractivity contribution in [3.8, 4) is 0 Å². The van der Waals surface area contributed by atoms with E-state index < -0.39 is 23.8 Å². The molecule has 2 aliphatic rings. The molecular weight excluding hydrogens is 324 g/mol. The molecule has 1 aromatic rings. The Morgan fingerprint density at radius 3 is 2.64 bits per heavy atom. The summed E-state index contributed by atoms with van der Waals surface area (Å²) in [6.07, 6.45) is 0.397. The lowest BCUT2D eigenvalue weighted by atomic mass is 10.0. The van der Waals surface area contributed by atoms with Crippen LogP contribution in [0.25, 0.3) is 0 Å². The fourth-order valence-electron chi connectivity index (χ4n) is 3.33. The molecule has 2 aliphatic heterocycles. The van der Waals surface area contributed by atoms with Gasteiger partial charge in [0.1, 0.15) is 5.92 Å². The van der Waals surface area contributed by atoms with Gasteiger partial charge in [0.25, 0.3) is 0 Å². The van der Waals surface area contributed by atoms with Gasteiger partial charge >= 0.3 is 5.97 Å². The minimum Gasteiger partial charge on any atom is -0.480 e. The highest BCUT2D eigenvalue weighted by molar-refractivity contribution is 6.10. The van der Waals surface area contributed by atoms with E-state index in [1.54, 1.807) is 4.90 Å². The quantitative estimate of drug-likeness (QED) is 0.824. The van der Waals surface area contributed by atoms with Crippen molar-refractivity contribution in [3.05, 3.63) is 29.3 Å². The Kier molecular flexibility index (Phi) is 4.76. The van der Waals surface area contributed by atoms with Gasteiger partial charge in [-0.15, -0.1) is 0 Å². The number of morpholine rings is 1. The summed E-state index contributed by atoms with van der Waals surface area (Å²) in [6.45, 7) is 4.89. The van der Waals surface area contributed by atoms with E-state index in [-0.39, 0.29) is 25.7 Å². The number of carboxylic acids is 1. The van der Waals surface area contributed by atoms with Crippen LogP contribution in [0.3, 0.4) is 0 Å². The molecule has 7 heteroatoms. The Morgan fingerprint density at radius 1 is 1.20 bits per heavy atom. The lowest BCUT2D eigenvalue weighted by Gasteiger charge is -2.34. The van der Waals surface area contributed by atoms with E-state index in [0.717, 1.165) is 16.8 Å². The largest absolute Gasteiger partial charge is 0.480 e. The summed E-state index contributed by atoms with van der Waals surface area (Å²) < 4.78 is 5.16. The topological polar surface area (TPSA) is 87.2 Å². The maximum atomic E-state index is 12.8. The predicted molar refractivity (Wildman–Crippen MR) is 90.3 cm³/mol. The molecule has 1 aromatic carbocycles. The predicted octanol–water partition coefficient (Wildman–Crippen LogP) is 0.968. The summed E-state index contributed by atoms with van der Waals surface area (Å²) in [5.41, 5.74) is 3.00. The fraction of sp³-hybridized carbons (Fsp3) is 0.500. The van der Waals surface area contributed by atoms with Crippen molar-refractivity contribution in [2.24, 2.45) is 5.92 Å². The number of carbonyl (C=O) groups is 3. The smallest absolute Gasteiger partial charge is 0.328 e. The molecule has 0 saturated carbocycles. The highest BCUT2D eigenvalue weighted by Crippen LogP contribution is 2.28. The van der Waals surface area contributed by atoms with Crippen LogP contribution in [0.4, 0.5) is 5.69 Å². The van der Waals surface area contributed by atoms with Gasteiger partial charge in [-0.2, -0.15) is 0 Å². The second kappa shape index (κ2) is 6.84. The number of carboxylic acid groups (broad SMARTS) is 1. The van der Waals surface area contributed by atoms with Crippen LogP contribution in [0.1, 0.15) is 17.5 Å². The number of hydrogen-bond acceptors (Lipinski definition) is 4. The summed E-state index contributed by atoms with van der Waals surface area (Å²) in [5, 5.41) is 9.28. The first-order chi connectivity index (χ1) is 11.9. The zero-order valence-electron chi connectivity index (χ0n) is 14.4. The maximum Gasteiger partial charge on any atom is 0.328 e. The van der Waals surface area contributed by atoms with Crippen molar-refractivity contribution in [2.75, 3.05) is 31.2 Å². The molecule has 2 atom stereocenters. The molecule has 2 unspecified atom stereocenters. The Bertz CT molecular complexity index is 717. The molecule has 7 nitrogen and oxygen atoms in total. The van der Waals surface area contributed by atoms with Crippen LogP contribution >= 0.6 is 0 Å². The highest BCUT2D eigenvalue weighted by Gasteiger charge is 2.43. The molecule has 2 amide bonds. The normalized spacial score (nSPS) is 23.8. The first-order valence-electron chi connectivity index (χ1n) is 8.40. The molecule has 3 rings (SSSR count). The third-order valence-electron chi connectivity index (χ3n) is 5.00. The minimum absolute atomic E-state index is 0.0388. The number of aryl methyl sites for hydroxylation is 2. The van der Waals surface area contributed by atoms with E-state index >= 15 is 0 Å². The monoisotopic (exact) mass is 346 g/mol. The first-order valence-corrected chi connectivity index (χ1v) is 8.40. The van der Waals surface area contributed by atoms with Crippen molar-refractivity contribution in [1.29, 1.82) is 0 Å². The second-order valence-corrected chi connectivity index (χ2v) is 6.56. The molecule has 1 N–H and O–H groups in total. The van der Waals surface area contributed by atoms with Crippen molar-refractivity contribution >= 4 is 23.5 Å². The molecule has 2 saturated heterocycles. The Balaban J connectivity index is 1.77. The Labute approximate surface area is 146 Å². The zero-order valence-corrected chi connectivity index (χ0v) is 14.4. The number of carbonyl (C=O) groups excluding carboxylic acids is 2. The first kappa shape index (κ1) is 17.4. The van der Waals surface area contributed by atoms with Crippen molar-refractivity contribution in [2.45, 2.75) is 26.3 Å². The standard InChI is InChI=1S/C18H22N2O5/c1-11-3-4-13(9-12(11)2)19-6-5-14(16(19)21)17(22)20-7-8-25-10-15(20)18(23)24/h3-4,9,14-15H,5-8,10H2,1-2H3,(H,23,24). The molecule has 2 heterocycles. The molecule has 0 aromatic heterocycles. The average Bonchev–Trinajstić information content (AvgIpc) is 2.98. The number of ether oxygens (including phenoxy) is 1. The Morgan fingerprint density at radius 2 is 1.96 bits per heavy atom. The highest BCUT2D eigenvalue weighted by atomic mass is 16.5. The Hall–Kier alpha value is -2.41. The van der Waals surface area contributed by atoms with Gasteiger partial charge in [-0.25, -0.2) is 4.79 Å². The molecule has 0 radical (unpaired) electrons. The lowest BCUT2D eigenvalue weighted by molar-refractivity contribution is -0.161. The number of anilines is 1. The van der Waals surface area contributed by atoms with E-state index in [9.17, 15) is 19.5 Å². The summed E-state index contributed by atoms with van der Waals surface area (Å²) in [4.78, 5) is 39.8. The van der Waals surface area contributed by atoms with Gasteiger partial charge in [0.15, 0.2) is 6.04 Å². The summed E-state index contributed by atoms with van der Waals surface area (Å²) in [7, 11) is 0. The van der Waals surface area contributed by atoms with Crippen LogP contribution < -0.4 is 4.90 Å².